The summed E-state index contributed by atoms with van der Waals surface area (Å²) in [7, 11) is -4.03. The molecule has 0 atom stereocenters. The van der Waals surface area contributed by atoms with Crippen molar-refractivity contribution in [3.63, 3.8) is 0 Å². The molecule has 0 aromatic heterocycles. The molecule has 0 bridgehead atoms. The summed E-state index contributed by atoms with van der Waals surface area (Å²) in [6.07, 6.45) is 0. The van der Waals surface area contributed by atoms with Gasteiger partial charge in [0.15, 0.2) is 0 Å². The van der Waals surface area contributed by atoms with Crippen molar-refractivity contribution in [2.45, 2.75) is 4.90 Å². The molecule has 0 aliphatic heterocycles. The number of benzene rings is 2. The summed E-state index contributed by atoms with van der Waals surface area (Å²) >= 11 is 4.77. The fraction of sp³-hybridized carbons (Fsp3) is 0. The third kappa shape index (κ3) is 3.53. The number of rotatable bonds is 4. The van der Waals surface area contributed by atoms with Crippen LogP contribution >= 0.6 is 12.2 Å². The summed E-state index contributed by atoms with van der Waals surface area (Å²) in [6, 6.07) is 8.14. The van der Waals surface area contributed by atoms with Crippen molar-refractivity contribution in [1.82, 2.24) is 0 Å². The van der Waals surface area contributed by atoms with Gasteiger partial charge in [0.2, 0.25) is 0 Å². The van der Waals surface area contributed by atoms with Crippen LogP contribution in [0.25, 0.3) is 0 Å². The Hall–Kier alpha value is -2.06. The third-order valence-electron chi connectivity index (χ3n) is 2.60. The van der Waals surface area contributed by atoms with E-state index < -0.39 is 21.7 Å². The average Bonchev–Trinajstić information content (AvgIpc) is 2.42. The van der Waals surface area contributed by atoms with Crippen LogP contribution in [-0.2, 0) is 10.0 Å². The Kier molecular flexibility index (Phi) is 4.19. The smallest absolute Gasteiger partial charge is 0.262 e. The summed E-state index contributed by atoms with van der Waals surface area (Å²) in [6.45, 7) is 0. The SMILES string of the molecule is NC(=S)c1cccc(S(=O)(=O)Nc2ccc(F)cc2F)c1. The standard InChI is InChI=1S/C13H10F2N2O2S2/c14-9-4-5-12(11(15)7-9)17-21(18,19)10-3-1-2-8(6-10)13(16)20/h1-7,17H,(H2,16,20). The summed E-state index contributed by atoms with van der Waals surface area (Å²) in [5, 5.41) is 0. The zero-order chi connectivity index (χ0) is 15.6. The van der Waals surface area contributed by atoms with E-state index in [1.165, 1.54) is 18.2 Å². The summed E-state index contributed by atoms with van der Waals surface area (Å²) in [5.41, 5.74) is 5.45. The van der Waals surface area contributed by atoms with Gasteiger partial charge in [0.1, 0.15) is 16.6 Å². The number of hydrogen-bond donors (Lipinski definition) is 2. The maximum atomic E-state index is 13.5. The van der Waals surface area contributed by atoms with E-state index in [2.05, 4.69) is 0 Å². The lowest BCUT2D eigenvalue weighted by Gasteiger charge is -2.10. The van der Waals surface area contributed by atoms with Crippen molar-refractivity contribution in [2.24, 2.45) is 5.73 Å². The van der Waals surface area contributed by atoms with E-state index >= 15 is 0 Å². The number of hydrogen-bond acceptors (Lipinski definition) is 3. The first-order chi connectivity index (χ1) is 9.79. The summed E-state index contributed by atoms with van der Waals surface area (Å²) in [5.74, 6) is -1.81. The lowest BCUT2D eigenvalue weighted by atomic mass is 10.2. The highest BCUT2D eigenvalue weighted by atomic mass is 32.2. The van der Waals surface area contributed by atoms with E-state index in [-0.39, 0.29) is 15.6 Å². The molecule has 3 N–H and O–H groups in total. The molecule has 2 rings (SSSR count). The Balaban J connectivity index is 2.38. The van der Waals surface area contributed by atoms with Crippen molar-refractivity contribution in [1.29, 1.82) is 0 Å². The fourth-order valence-corrected chi connectivity index (χ4v) is 2.83. The second-order valence-corrected chi connectivity index (χ2v) is 6.24. The molecule has 0 amide bonds. The van der Waals surface area contributed by atoms with Crippen molar-refractivity contribution in [3.05, 3.63) is 59.7 Å². The molecule has 0 fully saturated rings. The van der Waals surface area contributed by atoms with Crippen molar-refractivity contribution >= 4 is 32.9 Å². The van der Waals surface area contributed by atoms with E-state index in [1.807, 2.05) is 4.72 Å². The van der Waals surface area contributed by atoms with Crippen LogP contribution in [0.3, 0.4) is 0 Å². The first-order valence-electron chi connectivity index (χ1n) is 5.67. The first kappa shape index (κ1) is 15.3. The molecule has 0 radical (unpaired) electrons. The molecular formula is C13H10F2N2O2S2. The molecule has 2 aromatic carbocycles. The van der Waals surface area contributed by atoms with Crippen molar-refractivity contribution in [3.8, 4) is 0 Å². The molecule has 4 nitrogen and oxygen atoms in total. The van der Waals surface area contributed by atoms with Crippen LogP contribution in [0.1, 0.15) is 5.56 Å². The normalized spacial score (nSPS) is 11.1. The van der Waals surface area contributed by atoms with Gasteiger partial charge in [0.05, 0.1) is 10.6 Å². The van der Waals surface area contributed by atoms with Crippen LogP contribution in [0.4, 0.5) is 14.5 Å². The highest BCUT2D eigenvalue weighted by Crippen LogP contribution is 2.20. The molecule has 0 aliphatic rings. The largest absolute Gasteiger partial charge is 0.389 e. The van der Waals surface area contributed by atoms with Gasteiger partial charge >= 0.3 is 0 Å². The Labute approximate surface area is 125 Å². The Morgan fingerprint density at radius 3 is 2.48 bits per heavy atom. The third-order valence-corrected chi connectivity index (χ3v) is 4.20. The van der Waals surface area contributed by atoms with Gasteiger partial charge in [-0.05, 0) is 24.3 Å². The number of sulfonamides is 1. The molecule has 0 spiro atoms. The topological polar surface area (TPSA) is 72.2 Å². The minimum Gasteiger partial charge on any atom is -0.389 e. The maximum Gasteiger partial charge on any atom is 0.262 e. The minimum atomic E-state index is -4.03. The van der Waals surface area contributed by atoms with E-state index in [1.54, 1.807) is 6.07 Å². The minimum absolute atomic E-state index is 0.0417. The van der Waals surface area contributed by atoms with E-state index in [4.69, 9.17) is 18.0 Å². The van der Waals surface area contributed by atoms with Gasteiger partial charge in [0.25, 0.3) is 10.0 Å². The second kappa shape index (κ2) is 5.74. The highest BCUT2D eigenvalue weighted by Gasteiger charge is 2.17. The quantitative estimate of drug-likeness (QED) is 0.846. The predicted octanol–water partition coefficient (Wildman–Crippen LogP) is 2.40. The van der Waals surface area contributed by atoms with Crippen LogP contribution in [-0.4, -0.2) is 13.4 Å². The number of thiocarbonyl (C=S) groups is 1. The Morgan fingerprint density at radius 1 is 1.14 bits per heavy atom. The van der Waals surface area contributed by atoms with Gasteiger partial charge in [-0.3, -0.25) is 4.72 Å². The zero-order valence-corrected chi connectivity index (χ0v) is 12.1. The van der Waals surface area contributed by atoms with Crippen LogP contribution in [0.15, 0.2) is 47.4 Å². The molecule has 0 saturated heterocycles. The summed E-state index contributed by atoms with van der Waals surface area (Å²) in [4.78, 5) is -0.0865. The van der Waals surface area contributed by atoms with Gasteiger partial charge in [0, 0.05) is 11.6 Å². The van der Waals surface area contributed by atoms with Gasteiger partial charge in [-0.1, -0.05) is 24.4 Å². The molecular weight excluding hydrogens is 318 g/mol. The summed E-state index contributed by atoms with van der Waals surface area (Å²) < 4.78 is 52.7. The van der Waals surface area contributed by atoms with Crippen molar-refractivity contribution < 1.29 is 17.2 Å². The van der Waals surface area contributed by atoms with Gasteiger partial charge in [-0.15, -0.1) is 0 Å². The van der Waals surface area contributed by atoms with Crippen molar-refractivity contribution in [2.75, 3.05) is 4.72 Å². The van der Waals surface area contributed by atoms with E-state index in [9.17, 15) is 17.2 Å². The number of nitrogens with one attached hydrogen (secondary N) is 1. The van der Waals surface area contributed by atoms with Crippen LogP contribution in [0.2, 0.25) is 0 Å². The van der Waals surface area contributed by atoms with Gasteiger partial charge in [-0.25, -0.2) is 17.2 Å². The number of nitrogens with two attached hydrogens (primary N) is 1. The zero-order valence-electron chi connectivity index (χ0n) is 10.5. The number of anilines is 1. The molecule has 110 valence electrons. The predicted molar refractivity (Wildman–Crippen MR) is 79.5 cm³/mol. The average molecular weight is 328 g/mol. The molecule has 8 heteroatoms. The van der Waals surface area contributed by atoms with Crippen LogP contribution < -0.4 is 10.5 Å². The maximum absolute atomic E-state index is 13.5. The van der Waals surface area contributed by atoms with Crippen LogP contribution in [0.5, 0.6) is 0 Å². The molecule has 0 unspecified atom stereocenters. The molecule has 21 heavy (non-hydrogen) atoms. The number of halogens is 2. The Morgan fingerprint density at radius 2 is 1.86 bits per heavy atom. The monoisotopic (exact) mass is 328 g/mol. The van der Waals surface area contributed by atoms with E-state index in [0.29, 0.717) is 11.6 Å². The Bertz CT molecular complexity index is 808. The first-order valence-corrected chi connectivity index (χ1v) is 7.56. The molecule has 0 saturated carbocycles. The molecule has 2 aromatic rings. The lowest BCUT2D eigenvalue weighted by Crippen LogP contribution is -2.16. The second-order valence-electron chi connectivity index (χ2n) is 4.12. The lowest BCUT2D eigenvalue weighted by molar-refractivity contribution is 0.583. The fourth-order valence-electron chi connectivity index (χ4n) is 1.59. The van der Waals surface area contributed by atoms with Crippen LogP contribution in [0, 0.1) is 11.6 Å². The molecule has 0 aliphatic carbocycles. The van der Waals surface area contributed by atoms with Gasteiger partial charge in [-0.2, -0.15) is 0 Å². The van der Waals surface area contributed by atoms with Gasteiger partial charge < -0.3 is 5.73 Å². The highest BCUT2D eigenvalue weighted by molar-refractivity contribution is 7.92. The molecule has 0 heterocycles. The van der Waals surface area contributed by atoms with E-state index in [0.717, 1.165) is 12.1 Å².